The van der Waals surface area contributed by atoms with E-state index in [9.17, 15) is 4.79 Å². The number of amides is 1. The number of benzene rings is 1. The molecule has 1 aromatic carbocycles. The van der Waals surface area contributed by atoms with Gasteiger partial charge in [-0.1, -0.05) is 51.1 Å². The van der Waals surface area contributed by atoms with Crippen LogP contribution in [0.15, 0.2) is 35.7 Å². The van der Waals surface area contributed by atoms with Crippen molar-refractivity contribution in [3.63, 3.8) is 0 Å². The first-order chi connectivity index (χ1) is 9.38. The Bertz CT molecular complexity index is 587. The number of nitrogens with two attached hydrogens (primary N) is 1. The Kier molecular flexibility index (Phi) is 4.20. The maximum Gasteiger partial charge on any atom is 0.247 e. The van der Waals surface area contributed by atoms with E-state index >= 15 is 0 Å². The number of thiazole rings is 1. The Labute approximate surface area is 123 Å². The van der Waals surface area contributed by atoms with Crippen LogP contribution in [-0.2, 0) is 10.2 Å². The number of rotatable bonds is 3. The van der Waals surface area contributed by atoms with Gasteiger partial charge in [-0.2, -0.15) is 0 Å². The summed E-state index contributed by atoms with van der Waals surface area (Å²) in [6, 6.07) is 8.62. The molecule has 2 rings (SSSR count). The second-order valence-corrected chi connectivity index (χ2v) is 6.52. The first-order valence-electron chi connectivity index (χ1n) is 6.45. The number of aromatic nitrogens is 1. The quantitative estimate of drug-likeness (QED) is 0.912. The molecule has 0 aliphatic carbocycles. The largest absolute Gasteiger partial charge is 0.316 e. The minimum atomic E-state index is -0.682. The number of nitrogens with one attached hydrogen (secondary N) is 1. The minimum absolute atomic E-state index is 0.0268. The van der Waals surface area contributed by atoms with Crippen LogP contribution in [-0.4, -0.2) is 10.9 Å². The second kappa shape index (κ2) is 5.73. The summed E-state index contributed by atoms with van der Waals surface area (Å²) in [4.78, 5) is 16.5. The van der Waals surface area contributed by atoms with Gasteiger partial charge in [0.15, 0.2) is 5.13 Å². The number of carbonyl (C=O) groups is 1. The zero-order chi connectivity index (χ0) is 14.8. The molecule has 4 nitrogen and oxygen atoms in total. The van der Waals surface area contributed by atoms with Gasteiger partial charge in [0.1, 0.15) is 6.04 Å². The van der Waals surface area contributed by atoms with Crippen LogP contribution >= 0.6 is 11.3 Å². The summed E-state index contributed by atoms with van der Waals surface area (Å²) in [7, 11) is 0. The topological polar surface area (TPSA) is 68.0 Å². The molecule has 0 aliphatic heterocycles. The lowest BCUT2D eigenvalue weighted by Gasteiger charge is -2.14. The monoisotopic (exact) mass is 289 g/mol. The molecule has 0 bridgehead atoms. The van der Waals surface area contributed by atoms with E-state index in [4.69, 9.17) is 5.73 Å². The standard InChI is InChI=1S/C15H19N3OS/c1-15(2,3)11-9-20-14(17-11)18-13(19)12(16)10-7-5-4-6-8-10/h4-9,12H,16H2,1-3H3,(H,17,18,19). The number of hydrogen-bond acceptors (Lipinski definition) is 4. The van der Waals surface area contributed by atoms with E-state index in [1.54, 1.807) is 0 Å². The molecule has 1 atom stereocenters. The highest BCUT2D eigenvalue weighted by atomic mass is 32.1. The SMILES string of the molecule is CC(C)(C)c1csc(NC(=O)C(N)c2ccccc2)n1. The van der Waals surface area contributed by atoms with Gasteiger partial charge in [-0.15, -0.1) is 11.3 Å². The Balaban J connectivity index is 2.07. The third-order valence-corrected chi connectivity index (χ3v) is 3.70. The van der Waals surface area contributed by atoms with Crippen LogP contribution in [0.3, 0.4) is 0 Å². The molecule has 0 aliphatic rings. The molecule has 20 heavy (non-hydrogen) atoms. The summed E-state index contributed by atoms with van der Waals surface area (Å²) >= 11 is 1.42. The summed E-state index contributed by atoms with van der Waals surface area (Å²) in [5.41, 5.74) is 7.67. The molecular weight excluding hydrogens is 270 g/mol. The van der Waals surface area contributed by atoms with Crippen molar-refractivity contribution in [1.82, 2.24) is 4.98 Å². The van der Waals surface area contributed by atoms with E-state index < -0.39 is 6.04 Å². The zero-order valence-electron chi connectivity index (χ0n) is 11.9. The Morgan fingerprint density at radius 3 is 2.50 bits per heavy atom. The average Bonchev–Trinajstić information content (AvgIpc) is 2.87. The normalized spacial score (nSPS) is 13.0. The lowest BCUT2D eigenvalue weighted by atomic mass is 9.93. The van der Waals surface area contributed by atoms with Gasteiger partial charge in [0.05, 0.1) is 5.69 Å². The zero-order valence-corrected chi connectivity index (χ0v) is 12.7. The summed E-state index contributed by atoms with van der Waals surface area (Å²) in [6.45, 7) is 6.26. The number of hydrogen-bond donors (Lipinski definition) is 2. The Morgan fingerprint density at radius 1 is 1.30 bits per heavy atom. The third kappa shape index (κ3) is 3.43. The Morgan fingerprint density at radius 2 is 1.95 bits per heavy atom. The highest BCUT2D eigenvalue weighted by Crippen LogP contribution is 2.26. The van der Waals surface area contributed by atoms with Crippen molar-refractivity contribution in [3.05, 3.63) is 47.0 Å². The van der Waals surface area contributed by atoms with E-state index in [0.717, 1.165) is 11.3 Å². The van der Waals surface area contributed by atoms with Crippen LogP contribution in [0.1, 0.15) is 38.1 Å². The smallest absolute Gasteiger partial charge is 0.247 e. The molecule has 106 valence electrons. The van der Waals surface area contributed by atoms with Gasteiger partial charge in [-0.3, -0.25) is 4.79 Å². The highest BCUT2D eigenvalue weighted by Gasteiger charge is 2.20. The van der Waals surface area contributed by atoms with Gasteiger partial charge in [0.25, 0.3) is 0 Å². The lowest BCUT2D eigenvalue weighted by Crippen LogP contribution is -2.27. The maximum absolute atomic E-state index is 12.1. The van der Waals surface area contributed by atoms with Crippen molar-refractivity contribution in [2.45, 2.75) is 32.2 Å². The van der Waals surface area contributed by atoms with Crippen LogP contribution in [0.4, 0.5) is 5.13 Å². The van der Waals surface area contributed by atoms with Crippen molar-refractivity contribution in [1.29, 1.82) is 0 Å². The van der Waals surface area contributed by atoms with Crippen molar-refractivity contribution in [2.75, 3.05) is 5.32 Å². The predicted molar refractivity (Wildman–Crippen MR) is 82.8 cm³/mol. The third-order valence-electron chi connectivity index (χ3n) is 2.94. The molecule has 1 unspecified atom stereocenters. The molecule has 5 heteroatoms. The highest BCUT2D eigenvalue weighted by molar-refractivity contribution is 7.13. The second-order valence-electron chi connectivity index (χ2n) is 5.67. The van der Waals surface area contributed by atoms with Gasteiger partial charge >= 0.3 is 0 Å². The van der Waals surface area contributed by atoms with Gasteiger partial charge in [0, 0.05) is 10.8 Å². The molecule has 2 aromatic rings. The van der Waals surface area contributed by atoms with Crippen molar-refractivity contribution >= 4 is 22.4 Å². The van der Waals surface area contributed by atoms with Crippen molar-refractivity contribution in [2.24, 2.45) is 5.73 Å². The van der Waals surface area contributed by atoms with E-state index in [0.29, 0.717) is 5.13 Å². The van der Waals surface area contributed by atoms with Crippen LogP contribution < -0.4 is 11.1 Å². The first-order valence-corrected chi connectivity index (χ1v) is 7.33. The fourth-order valence-electron chi connectivity index (χ4n) is 1.67. The van der Waals surface area contributed by atoms with Crippen molar-refractivity contribution < 1.29 is 4.79 Å². The van der Waals surface area contributed by atoms with E-state index in [1.165, 1.54) is 11.3 Å². The Hall–Kier alpha value is -1.72. The molecule has 0 radical (unpaired) electrons. The van der Waals surface area contributed by atoms with Gasteiger partial charge in [0.2, 0.25) is 5.91 Å². The predicted octanol–water partition coefficient (Wildman–Crippen LogP) is 3.08. The first kappa shape index (κ1) is 14.7. The number of nitrogens with zero attached hydrogens (tertiary/aromatic N) is 1. The molecule has 0 saturated carbocycles. The van der Waals surface area contributed by atoms with Crippen LogP contribution in [0, 0.1) is 0 Å². The van der Waals surface area contributed by atoms with Crippen molar-refractivity contribution in [3.8, 4) is 0 Å². The molecule has 0 saturated heterocycles. The van der Waals surface area contributed by atoms with E-state index in [-0.39, 0.29) is 11.3 Å². The molecule has 3 N–H and O–H groups in total. The molecule has 0 fully saturated rings. The maximum atomic E-state index is 12.1. The summed E-state index contributed by atoms with van der Waals surface area (Å²) < 4.78 is 0. The molecule has 1 aromatic heterocycles. The van der Waals surface area contributed by atoms with E-state index in [1.807, 2.05) is 35.7 Å². The van der Waals surface area contributed by atoms with Gasteiger partial charge in [-0.05, 0) is 5.56 Å². The van der Waals surface area contributed by atoms with Crippen LogP contribution in [0.2, 0.25) is 0 Å². The van der Waals surface area contributed by atoms with Gasteiger partial charge < -0.3 is 11.1 Å². The van der Waals surface area contributed by atoms with Crippen LogP contribution in [0.25, 0.3) is 0 Å². The lowest BCUT2D eigenvalue weighted by molar-refractivity contribution is -0.117. The summed E-state index contributed by atoms with van der Waals surface area (Å²) in [5.74, 6) is -0.244. The molecule has 1 amide bonds. The fraction of sp³-hybridized carbons (Fsp3) is 0.333. The number of carbonyl (C=O) groups excluding carboxylic acids is 1. The molecule has 1 heterocycles. The minimum Gasteiger partial charge on any atom is -0.316 e. The van der Waals surface area contributed by atoms with Gasteiger partial charge in [-0.25, -0.2) is 4.98 Å². The van der Waals surface area contributed by atoms with E-state index in [2.05, 4.69) is 31.1 Å². The van der Waals surface area contributed by atoms with Crippen LogP contribution in [0.5, 0.6) is 0 Å². The summed E-state index contributed by atoms with van der Waals surface area (Å²) in [5, 5.41) is 5.33. The number of anilines is 1. The molecular formula is C15H19N3OS. The summed E-state index contributed by atoms with van der Waals surface area (Å²) in [6.07, 6.45) is 0. The molecule has 0 spiro atoms. The average molecular weight is 289 g/mol. The fourth-order valence-corrected chi connectivity index (χ4v) is 2.61.